The highest BCUT2D eigenvalue weighted by atomic mass is 16.5. The van der Waals surface area contributed by atoms with Crippen LogP contribution in [0.3, 0.4) is 0 Å². The van der Waals surface area contributed by atoms with Crippen molar-refractivity contribution >= 4 is 5.69 Å². The molecule has 21 heavy (non-hydrogen) atoms. The smallest absolute Gasteiger partial charge is 0.254 e. The van der Waals surface area contributed by atoms with Gasteiger partial charge in [0.2, 0.25) is 5.89 Å². The quantitative estimate of drug-likeness (QED) is 0.743. The average molecular weight is 281 g/mol. The molecule has 2 N–H and O–H groups in total. The van der Waals surface area contributed by atoms with Crippen LogP contribution in [0.4, 0.5) is 5.69 Å². The topological polar surface area (TPSA) is 74.2 Å². The van der Waals surface area contributed by atoms with E-state index in [1.54, 1.807) is 12.1 Å². The van der Waals surface area contributed by atoms with E-state index in [4.69, 9.17) is 14.9 Å². The van der Waals surface area contributed by atoms with Gasteiger partial charge in [-0.25, -0.2) is 0 Å². The summed E-state index contributed by atoms with van der Waals surface area (Å²) in [5, 5.41) is 8.02. The second-order valence-electron chi connectivity index (χ2n) is 4.73. The number of rotatable bonds is 4. The number of anilines is 1. The van der Waals surface area contributed by atoms with Crippen LogP contribution in [0, 0.1) is 6.92 Å². The Balaban J connectivity index is 1.71. The summed E-state index contributed by atoms with van der Waals surface area (Å²) in [6.45, 7) is 2.23. The average Bonchev–Trinajstić information content (AvgIpc) is 2.94. The number of nitrogens with zero attached hydrogens (tertiary/aromatic N) is 2. The Hall–Kier alpha value is -2.82. The largest absolute Gasteiger partial charge is 0.484 e. The SMILES string of the molecule is Cc1cccc(-c2nnc(COc3cccc(N)c3)o2)c1. The molecule has 3 rings (SSSR count). The van der Waals surface area contributed by atoms with E-state index in [-0.39, 0.29) is 6.61 Å². The minimum atomic E-state index is 0.211. The summed E-state index contributed by atoms with van der Waals surface area (Å²) >= 11 is 0. The van der Waals surface area contributed by atoms with Crippen molar-refractivity contribution in [2.45, 2.75) is 13.5 Å². The predicted octanol–water partition coefficient (Wildman–Crippen LogP) is 3.21. The molecule has 0 bridgehead atoms. The molecule has 3 aromatic rings. The van der Waals surface area contributed by atoms with Gasteiger partial charge < -0.3 is 14.9 Å². The summed E-state index contributed by atoms with van der Waals surface area (Å²) in [7, 11) is 0. The van der Waals surface area contributed by atoms with Gasteiger partial charge >= 0.3 is 0 Å². The maximum Gasteiger partial charge on any atom is 0.254 e. The van der Waals surface area contributed by atoms with Crippen molar-refractivity contribution in [3.63, 3.8) is 0 Å². The van der Waals surface area contributed by atoms with Crippen molar-refractivity contribution in [3.05, 3.63) is 60.0 Å². The van der Waals surface area contributed by atoms with E-state index in [0.717, 1.165) is 11.1 Å². The zero-order chi connectivity index (χ0) is 14.7. The molecule has 0 radical (unpaired) electrons. The van der Waals surface area contributed by atoms with Crippen molar-refractivity contribution in [2.24, 2.45) is 0 Å². The zero-order valence-electron chi connectivity index (χ0n) is 11.6. The minimum Gasteiger partial charge on any atom is -0.484 e. The number of hydrogen-bond acceptors (Lipinski definition) is 5. The molecule has 0 aliphatic heterocycles. The highest BCUT2D eigenvalue weighted by molar-refractivity contribution is 5.53. The molecule has 0 spiro atoms. The summed E-state index contributed by atoms with van der Waals surface area (Å²) in [5.74, 6) is 1.59. The maximum atomic E-state index is 5.69. The first-order valence-electron chi connectivity index (χ1n) is 6.58. The number of aromatic nitrogens is 2. The molecular formula is C16H15N3O2. The van der Waals surface area contributed by atoms with Crippen molar-refractivity contribution in [3.8, 4) is 17.2 Å². The molecule has 0 fully saturated rings. The van der Waals surface area contributed by atoms with E-state index in [1.165, 1.54) is 0 Å². The molecule has 106 valence electrons. The van der Waals surface area contributed by atoms with Gasteiger partial charge in [0.05, 0.1) is 0 Å². The molecule has 0 atom stereocenters. The van der Waals surface area contributed by atoms with Gasteiger partial charge in [-0.1, -0.05) is 23.8 Å². The van der Waals surface area contributed by atoms with E-state index in [2.05, 4.69) is 10.2 Å². The van der Waals surface area contributed by atoms with Crippen LogP contribution in [0.1, 0.15) is 11.5 Å². The maximum absolute atomic E-state index is 5.69. The first kappa shape index (κ1) is 13.2. The van der Waals surface area contributed by atoms with E-state index >= 15 is 0 Å². The van der Waals surface area contributed by atoms with Crippen LogP contribution in [0.15, 0.2) is 52.9 Å². The second kappa shape index (κ2) is 5.66. The Kier molecular flexibility index (Phi) is 3.55. The van der Waals surface area contributed by atoms with Gasteiger partial charge in [-0.05, 0) is 31.2 Å². The molecule has 0 unspecified atom stereocenters. The van der Waals surface area contributed by atoms with Crippen LogP contribution in [0.25, 0.3) is 11.5 Å². The molecule has 0 aliphatic carbocycles. The van der Waals surface area contributed by atoms with Crippen molar-refractivity contribution in [2.75, 3.05) is 5.73 Å². The Labute approximate surface area is 122 Å². The molecule has 1 aromatic heterocycles. The Morgan fingerprint density at radius 2 is 1.95 bits per heavy atom. The number of aryl methyl sites for hydroxylation is 1. The molecule has 5 heteroatoms. The van der Waals surface area contributed by atoms with Crippen LogP contribution in [-0.4, -0.2) is 10.2 Å². The second-order valence-corrected chi connectivity index (χ2v) is 4.73. The van der Waals surface area contributed by atoms with Crippen LogP contribution in [0.2, 0.25) is 0 Å². The van der Waals surface area contributed by atoms with Gasteiger partial charge in [0.25, 0.3) is 5.89 Å². The Morgan fingerprint density at radius 1 is 1.10 bits per heavy atom. The molecule has 0 saturated heterocycles. The van der Waals surface area contributed by atoms with E-state index in [0.29, 0.717) is 23.2 Å². The number of nitrogen functional groups attached to an aromatic ring is 1. The third kappa shape index (κ3) is 3.20. The summed E-state index contributed by atoms with van der Waals surface area (Å²) in [6, 6.07) is 15.1. The monoisotopic (exact) mass is 281 g/mol. The van der Waals surface area contributed by atoms with Crippen LogP contribution >= 0.6 is 0 Å². The molecular weight excluding hydrogens is 266 g/mol. The van der Waals surface area contributed by atoms with Gasteiger partial charge in [0.15, 0.2) is 6.61 Å². The lowest BCUT2D eigenvalue weighted by Gasteiger charge is -2.03. The highest BCUT2D eigenvalue weighted by Gasteiger charge is 2.09. The highest BCUT2D eigenvalue weighted by Crippen LogP contribution is 2.20. The lowest BCUT2D eigenvalue weighted by Crippen LogP contribution is -1.96. The van der Waals surface area contributed by atoms with E-state index < -0.39 is 0 Å². The first-order chi connectivity index (χ1) is 10.2. The molecule has 2 aromatic carbocycles. The van der Waals surface area contributed by atoms with Gasteiger partial charge in [0.1, 0.15) is 5.75 Å². The Morgan fingerprint density at radius 3 is 2.76 bits per heavy atom. The van der Waals surface area contributed by atoms with Gasteiger partial charge in [-0.15, -0.1) is 10.2 Å². The molecule has 0 saturated carbocycles. The van der Waals surface area contributed by atoms with Crippen LogP contribution < -0.4 is 10.5 Å². The molecule has 0 aliphatic rings. The van der Waals surface area contributed by atoms with E-state index in [1.807, 2.05) is 43.3 Å². The predicted molar refractivity (Wildman–Crippen MR) is 79.7 cm³/mol. The standard InChI is InChI=1S/C16H15N3O2/c1-11-4-2-5-12(8-11)16-19-18-15(21-16)10-20-14-7-3-6-13(17)9-14/h2-9H,10,17H2,1H3. The third-order valence-corrected chi connectivity index (χ3v) is 2.95. The molecule has 1 heterocycles. The van der Waals surface area contributed by atoms with Crippen molar-refractivity contribution in [1.82, 2.24) is 10.2 Å². The first-order valence-corrected chi connectivity index (χ1v) is 6.58. The minimum absolute atomic E-state index is 0.211. The zero-order valence-corrected chi connectivity index (χ0v) is 11.6. The summed E-state index contributed by atoms with van der Waals surface area (Å²) in [5.41, 5.74) is 8.38. The fourth-order valence-electron chi connectivity index (χ4n) is 1.96. The van der Waals surface area contributed by atoms with Gasteiger partial charge in [-0.2, -0.15) is 0 Å². The fourth-order valence-corrected chi connectivity index (χ4v) is 1.96. The normalized spacial score (nSPS) is 10.5. The lowest BCUT2D eigenvalue weighted by molar-refractivity contribution is 0.264. The molecule has 5 nitrogen and oxygen atoms in total. The lowest BCUT2D eigenvalue weighted by atomic mass is 10.1. The summed E-state index contributed by atoms with van der Waals surface area (Å²) in [6.07, 6.45) is 0. The van der Waals surface area contributed by atoms with Gasteiger partial charge in [0, 0.05) is 17.3 Å². The number of hydrogen-bond donors (Lipinski definition) is 1. The molecule has 0 amide bonds. The van der Waals surface area contributed by atoms with Gasteiger partial charge in [-0.3, -0.25) is 0 Å². The summed E-state index contributed by atoms with van der Waals surface area (Å²) in [4.78, 5) is 0. The van der Waals surface area contributed by atoms with Crippen molar-refractivity contribution in [1.29, 1.82) is 0 Å². The van der Waals surface area contributed by atoms with E-state index in [9.17, 15) is 0 Å². The number of ether oxygens (including phenoxy) is 1. The Bertz CT molecular complexity index is 753. The number of benzene rings is 2. The number of nitrogens with two attached hydrogens (primary N) is 1. The summed E-state index contributed by atoms with van der Waals surface area (Å²) < 4.78 is 11.2. The third-order valence-electron chi connectivity index (χ3n) is 2.95. The fraction of sp³-hybridized carbons (Fsp3) is 0.125. The van der Waals surface area contributed by atoms with Crippen LogP contribution in [0.5, 0.6) is 5.75 Å². The van der Waals surface area contributed by atoms with Crippen molar-refractivity contribution < 1.29 is 9.15 Å². The van der Waals surface area contributed by atoms with Crippen LogP contribution in [-0.2, 0) is 6.61 Å².